The van der Waals surface area contributed by atoms with E-state index in [-0.39, 0.29) is 6.10 Å². The van der Waals surface area contributed by atoms with Crippen molar-refractivity contribution in [2.75, 3.05) is 6.61 Å². The third-order valence-corrected chi connectivity index (χ3v) is 3.33. The van der Waals surface area contributed by atoms with Gasteiger partial charge < -0.3 is 10.1 Å². The maximum atomic E-state index is 5.96. The fraction of sp³-hybridized carbons (Fsp3) is 0.571. The maximum absolute atomic E-state index is 5.96. The van der Waals surface area contributed by atoms with Crippen LogP contribution < -0.4 is 5.32 Å². The first-order valence-corrected chi connectivity index (χ1v) is 6.15. The average molecular weight is 219 g/mol. The molecule has 3 atom stereocenters. The molecule has 2 heteroatoms. The van der Waals surface area contributed by atoms with E-state index in [9.17, 15) is 0 Å². The molecule has 1 N–H and O–H groups in total. The summed E-state index contributed by atoms with van der Waals surface area (Å²) in [5.41, 5.74) is 2.58. The molecule has 0 spiro atoms. The second-order valence-electron chi connectivity index (χ2n) is 4.73. The quantitative estimate of drug-likeness (QED) is 0.826. The number of ether oxygens (including phenoxy) is 1. The van der Waals surface area contributed by atoms with Crippen molar-refractivity contribution in [1.82, 2.24) is 5.32 Å². The summed E-state index contributed by atoms with van der Waals surface area (Å²) in [7, 11) is 0. The predicted molar refractivity (Wildman–Crippen MR) is 66.5 cm³/mol. The Labute approximate surface area is 98.0 Å². The highest BCUT2D eigenvalue weighted by atomic mass is 16.5. The van der Waals surface area contributed by atoms with E-state index in [1.54, 1.807) is 0 Å². The molecule has 1 fully saturated rings. The molecule has 1 aromatic carbocycles. The molecule has 3 unspecified atom stereocenters. The van der Waals surface area contributed by atoms with Gasteiger partial charge in [0.15, 0.2) is 0 Å². The van der Waals surface area contributed by atoms with E-state index in [4.69, 9.17) is 4.74 Å². The molecule has 1 heterocycles. The summed E-state index contributed by atoms with van der Waals surface area (Å²) >= 11 is 0. The maximum Gasteiger partial charge on any atom is 0.0975 e. The molecule has 0 bridgehead atoms. The van der Waals surface area contributed by atoms with Crippen LogP contribution in [0.15, 0.2) is 24.3 Å². The molecule has 16 heavy (non-hydrogen) atoms. The molecule has 88 valence electrons. The van der Waals surface area contributed by atoms with E-state index in [1.165, 1.54) is 11.1 Å². The Morgan fingerprint density at radius 2 is 2.00 bits per heavy atom. The molecule has 2 nitrogen and oxygen atoms in total. The van der Waals surface area contributed by atoms with Gasteiger partial charge in [0.1, 0.15) is 0 Å². The van der Waals surface area contributed by atoms with Gasteiger partial charge in [-0.3, -0.25) is 0 Å². The fourth-order valence-corrected chi connectivity index (χ4v) is 2.25. The van der Waals surface area contributed by atoms with Crippen LogP contribution in [-0.4, -0.2) is 18.7 Å². The van der Waals surface area contributed by atoms with Crippen molar-refractivity contribution < 1.29 is 4.74 Å². The molecule has 0 saturated carbocycles. The average Bonchev–Trinajstić information content (AvgIpc) is 2.30. The van der Waals surface area contributed by atoms with Crippen LogP contribution in [0.5, 0.6) is 0 Å². The number of morpholine rings is 1. The largest absolute Gasteiger partial charge is 0.370 e. The highest BCUT2D eigenvalue weighted by Crippen LogP contribution is 2.25. The summed E-state index contributed by atoms with van der Waals surface area (Å²) in [6.07, 6.45) is 1.33. The lowest BCUT2D eigenvalue weighted by atomic mass is 9.99. The van der Waals surface area contributed by atoms with Crippen LogP contribution >= 0.6 is 0 Å². The van der Waals surface area contributed by atoms with Gasteiger partial charge in [0.2, 0.25) is 0 Å². The number of hydrogen-bond donors (Lipinski definition) is 1. The van der Waals surface area contributed by atoms with Gasteiger partial charge in [-0.05, 0) is 25.8 Å². The standard InChI is InChI=1S/C14H21NO/c1-4-13-9-16-14(11(3)15-13)12-7-5-10(2)6-8-12/h5-8,11,13-15H,4,9H2,1-3H3. The minimum absolute atomic E-state index is 0.198. The van der Waals surface area contributed by atoms with Gasteiger partial charge in [-0.15, -0.1) is 0 Å². The molecule has 1 aliphatic rings. The van der Waals surface area contributed by atoms with Gasteiger partial charge in [-0.25, -0.2) is 0 Å². The number of aryl methyl sites for hydroxylation is 1. The van der Waals surface area contributed by atoms with E-state index in [1.807, 2.05) is 0 Å². The van der Waals surface area contributed by atoms with E-state index in [2.05, 4.69) is 50.4 Å². The second-order valence-corrected chi connectivity index (χ2v) is 4.73. The highest BCUT2D eigenvalue weighted by Gasteiger charge is 2.27. The normalized spacial score (nSPS) is 30.3. The van der Waals surface area contributed by atoms with Crippen LogP contribution in [0.4, 0.5) is 0 Å². The number of nitrogens with one attached hydrogen (secondary N) is 1. The molecule has 0 aliphatic carbocycles. The Morgan fingerprint density at radius 1 is 1.31 bits per heavy atom. The van der Waals surface area contributed by atoms with E-state index >= 15 is 0 Å². The Balaban J connectivity index is 2.08. The van der Waals surface area contributed by atoms with Gasteiger partial charge in [0.05, 0.1) is 12.7 Å². The number of hydrogen-bond acceptors (Lipinski definition) is 2. The third kappa shape index (κ3) is 2.45. The van der Waals surface area contributed by atoms with Crippen molar-refractivity contribution in [3.05, 3.63) is 35.4 Å². The lowest BCUT2D eigenvalue weighted by molar-refractivity contribution is -0.0252. The molecular weight excluding hydrogens is 198 g/mol. The first-order chi connectivity index (χ1) is 7.70. The fourth-order valence-electron chi connectivity index (χ4n) is 2.25. The first kappa shape index (κ1) is 11.6. The predicted octanol–water partition coefficient (Wildman–Crippen LogP) is 2.82. The van der Waals surface area contributed by atoms with Crippen molar-refractivity contribution in [2.45, 2.75) is 45.4 Å². The Kier molecular flexibility index (Phi) is 3.62. The van der Waals surface area contributed by atoms with Crippen LogP contribution in [0.2, 0.25) is 0 Å². The summed E-state index contributed by atoms with van der Waals surface area (Å²) in [6, 6.07) is 9.54. The lowest BCUT2D eigenvalue weighted by Crippen LogP contribution is -2.48. The monoisotopic (exact) mass is 219 g/mol. The summed E-state index contributed by atoms with van der Waals surface area (Å²) in [4.78, 5) is 0. The molecule has 1 aliphatic heterocycles. The van der Waals surface area contributed by atoms with Crippen molar-refractivity contribution >= 4 is 0 Å². The van der Waals surface area contributed by atoms with Gasteiger partial charge in [0.25, 0.3) is 0 Å². The zero-order valence-electron chi connectivity index (χ0n) is 10.4. The van der Waals surface area contributed by atoms with Crippen LogP contribution in [0.25, 0.3) is 0 Å². The zero-order valence-corrected chi connectivity index (χ0v) is 10.4. The van der Waals surface area contributed by atoms with Crippen molar-refractivity contribution in [3.63, 3.8) is 0 Å². The van der Waals surface area contributed by atoms with Crippen LogP contribution in [-0.2, 0) is 4.74 Å². The first-order valence-electron chi connectivity index (χ1n) is 6.15. The Bertz CT molecular complexity index is 333. The molecule has 2 rings (SSSR count). The smallest absolute Gasteiger partial charge is 0.0975 e. The van der Waals surface area contributed by atoms with Crippen molar-refractivity contribution in [3.8, 4) is 0 Å². The minimum atomic E-state index is 0.198. The minimum Gasteiger partial charge on any atom is -0.370 e. The van der Waals surface area contributed by atoms with E-state index in [0.29, 0.717) is 12.1 Å². The lowest BCUT2D eigenvalue weighted by Gasteiger charge is -2.35. The topological polar surface area (TPSA) is 21.3 Å². The summed E-state index contributed by atoms with van der Waals surface area (Å²) in [5, 5.41) is 3.60. The van der Waals surface area contributed by atoms with Crippen molar-refractivity contribution in [2.24, 2.45) is 0 Å². The van der Waals surface area contributed by atoms with Crippen LogP contribution in [0.1, 0.15) is 37.5 Å². The Hall–Kier alpha value is -0.860. The van der Waals surface area contributed by atoms with E-state index in [0.717, 1.165) is 13.0 Å². The van der Waals surface area contributed by atoms with Gasteiger partial charge in [-0.1, -0.05) is 36.8 Å². The molecule has 0 radical (unpaired) electrons. The highest BCUT2D eigenvalue weighted by molar-refractivity contribution is 5.24. The second kappa shape index (κ2) is 4.98. The van der Waals surface area contributed by atoms with Crippen LogP contribution in [0.3, 0.4) is 0 Å². The van der Waals surface area contributed by atoms with Gasteiger partial charge >= 0.3 is 0 Å². The summed E-state index contributed by atoms with van der Waals surface area (Å²) in [6.45, 7) is 7.33. The molecule has 1 saturated heterocycles. The molecule has 0 amide bonds. The summed E-state index contributed by atoms with van der Waals surface area (Å²) in [5.74, 6) is 0. The SMILES string of the molecule is CCC1COC(c2ccc(C)cc2)C(C)N1. The van der Waals surface area contributed by atoms with E-state index < -0.39 is 0 Å². The third-order valence-electron chi connectivity index (χ3n) is 3.33. The molecule has 0 aromatic heterocycles. The van der Waals surface area contributed by atoms with Gasteiger partial charge in [0, 0.05) is 12.1 Å². The number of benzene rings is 1. The van der Waals surface area contributed by atoms with Gasteiger partial charge in [-0.2, -0.15) is 0 Å². The number of rotatable bonds is 2. The molecular formula is C14H21NO. The molecule has 1 aromatic rings. The summed E-state index contributed by atoms with van der Waals surface area (Å²) < 4.78 is 5.96. The zero-order chi connectivity index (χ0) is 11.5. The Morgan fingerprint density at radius 3 is 2.56 bits per heavy atom. The van der Waals surface area contributed by atoms with Crippen molar-refractivity contribution in [1.29, 1.82) is 0 Å². The van der Waals surface area contributed by atoms with Crippen LogP contribution in [0, 0.1) is 6.92 Å².